The van der Waals surface area contributed by atoms with Crippen LogP contribution in [0.15, 0.2) is 170 Å². The number of nitrogens with zero attached hydrogens (tertiary/aromatic N) is 2. The maximum absolute atomic E-state index is 5.10. The molecule has 0 fully saturated rings. The summed E-state index contributed by atoms with van der Waals surface area (Å²) < 4.78 is 2.68. The zero-order valence-electron chi connectivity index (χ0n) is 26.5. The van der Waals surface area contributed by atoms with Gasteiger partial charge in [-0.05, 0) is 62.3 Å². The highest BCUT2D eigenvalue weighted by atomic mass is 32.1. The quantitative estimate of drug-likeness (QED) is 0.179. The molecule has 0 aliphatic heterocycles. The van der Waals surface area contributed by atoms with Crippen LogP contribution < -0.4 is 0 Å². The monoisotopic (exact) mass is 640 g/mol. The molecule has 0 saturated heterocycles. The first-order chi connectivity index (χ1) is 24.3. The first-order valence-electron chi connectivity index (χ1n) is 16.6. The van der Waals surface area contributed by atoms with E-state index in [1.54, 1.807) is 0 Å². The zero-order valence-corrected chi connectivity index (χ0v) is 27.3. The number of fused-ring (bicyclic) bond motifs is 10. The number of aromatic nitrogens is 2. The lowest BCUT2D eigenvalue weighted by molar-refractivity contribution is 1.18. The largest absolute Gasteiger partial charge is 0.228 e. The van der Waals surface area contributed by atoms with E-state index >= 15 is 0 Å². The molecule has 0 bridgehead atoms. The Morgan fingerprint density at radius 2 is 0.857 bits per heavy atom. The Morgan fingerprint density at radius 1 is 0.327 bits per heavy atom. The van der Waals surface area contributed by atoms with Crippen LogP contribution in [0.3, 0.4) is 0 Å². The van der Waals surface area contributed by atoms with Crippen molar-refractivity contribution in [3.05, 3.63) is 170 Å². The summed E-state index contributed by atoms with van der Waals surface area (Å²) in [5.74, 6) is 0.714. The van der Waals surface area contributed by atoms with Gasteiger partial charge in [0.1, 0.15) is 0 Å². The summed E-state index contributed by atoms with van der Waals surface area (Å²) in [5.41, 5.74) is 7.26. The van der Waals surface area contributed by atoms with Crippen molar-refractivity contribution in [3.63, 3.8) is 0 Å². The smallest absolute Gasteiger partial charge is 0.160 e. The molecule has 0 N–H and O–H groups in total. The Bertz CT molecular complexity index is 2810. The molecule has 228 valence electrons. The predicted molar refractivity (Wildman–Crippen MR) is 209 cm³/mol. The van der Waals surface area contributed by atoms with Crippen molar-refractivity contribution < 1.29 is 0 Å². The van der Waals surface area contributed by atoms with Gasteiger partial charge in [0, 0.05) is 42.2 Å². The van der Waals surface area contributed by atoms with Crippen LogP contribution in [0.25, 0.3) is 97.5 Å². The Kier molecular flexibility index (Phi) is 6.39. The second kappa shape index (κ2) is 11.2. The third-order valence-corrected chi connectivity index (χ3v) is 10.9. The molecule has 0 aliphatic rings. The van der Waals surface area contributed by atoms with Gasteiger partial charge in [0.15, 0.2) is 5.82 Å². The second-order valence-electron chi connectivity index (χ2n) is 12.5. The third-order valence-electron chi connectivity index (χ3n) is 9.66. The molecule has 0 aliphatic carbocycles. The normalized spacial score (nSPS) is 11.7. The molecule has 3 heteroatoms. The van der Waals surface area contributed by atoms with Crippen molar-refractivity contribution in [1.29, 1.82) is 0 Å². The molecule has 49 heavy (non-hydrogen) atoms. The first kappa shape index (κ1) is 27.9. The summed E-state index contributed by atoms with van der Waals surface area (Å²) in [4.78, 5) is 10.2. The van der Waals surface area contributed by atoms with Gasteiger partial charge in [-0.15, -0.1) is 11.3 Å². The topological polar surface area (TPSA) is 25.8 Å². The molecule has 10 aromatic rings. The second-order valence-corrected chi connectivity index (χ2v) is 13.6. The molecular weight excluding hydrogens is 613 g/mol. The van der Waals surface area contributed by atoms with Gasteiger partial charge in [-0.3, -0.25) is 0 Å². The standard InChI is InChI=1S/C46H28N2S/c1-3-12-29(13-4-1)41-28-42(30-14-5-2-6-15-30)48-46(47-41)33-17-11-16-31(26-33)32-22-23-38-40(27-32)35-19-8-7-18-34(35)37-24-25-39-36-20-9-10-21-43(36)49-45(39)44(37)38/h1-28H. The number of hydrogen-bond acceptors (Lipinski definition) is 3. The average Bonchev–Trinajstić information content (AvgIpc) is 3.57. The van der Waals surface area contributed by atoms with E-state index in [-0.39, 0.29) is 0 Å². The molecule has 0 radical (unpaired) electrons. The van der Waals surface area contributed by atoms with Crippen molar-refractivity contribution in [3.8, 4) is 45.0 Å². The van der Waals surface area contributed by atoms with E-state index in [1.807, 2.05) is 23.5 Å². The van der Waals surface area contributed by atoms with Gasteiger partial charge in [0.05, 0.1) is 11.4 Å². The summed E-state index contributed by atoms with van der Waals surface area (Å²) in [6, 6.07) is 60.7. The van der Waals surface area contributed by atoms with Gasteiger partial charge < -0.3 is 0 Å². The van der Waals surface area contributed by atoms with Crippen LogP contribution in [-0.4, -0.2) is 9.97 Å². The SMILES string of the molecule is c1ccc(-c2cc(-c3ccccc3)nc(-c3cccc(-c4ccc5c(c4)c4ccccc4c4ccc6c7ccccc7sc6c45)c3)n2)cc1. The maximum atomic E-state index is 5.10. The minimum Gasteiger partial charge on any atom is -0.228 e. The van der Waals surface area contributed by atoms with E-state index < -0.39 is 0 Å². The van der Waals surface area contributed by atoms with Crippen molar-refractivity contribution in [2.45, 2.75) is 0 Å². The molecule has 8 aromatic carbocycles. The molecule has 2 aromatic heterocycles. The molecule has 0 atom stereocenters. The fraction of sp³-hybridized carbons (Fsp3) is 0. The van der Waals surface area contributed by atoms with E-state index in [9.17, 15) is 0 Å². The minimum absolute atomic E-state index is 0.714. The Morgan fingerprint density at radius 3 is 1.59 bits per heavy atom. The number of thiophene rings is 1. The van der Waals surface area contributed by atoms with Crippen LogP contribution in [0.1, 0.15) is 0 Å². The van der Waals surface area contributed by atoms with Crippen molar-refractivity contribution in [1.82, 2.24) is 9.97 Å². The van der Waals surface area contributed by atoms with E-state index in [4.69, 9.17) is 9.97 Å². The van der Waals surface area contributed by atoms with Crippen molar-refractivity contribution in [2.75, 3.05) is 0 Å². The van der Waals surface area contributed by atoms with Crippen molar-refractivity contribution >= 4 is 63.8 Å². The summed E-state index contributed by atoms with van der Waals surface area (Å²) in [6.07, 6.45) is 0. The molecule has 10 rings (SSSR count). The molecular formula is C46H28N2S. The average molecular weight is 641 g/mol. The lowest BCUT2D eigenvalue weighted by atomic mass is 9.91. The van der Waals surface area contributed by atoms with Crippen LogP contribution in [0.4, 0.5) is 0 Å². The number of benzene rings is 8. The molecule has 0 saturated carbocycles. The fourth-order valence-corrected chi connectivity index (χ4v) is 8.59. The molecule has 0 spiro atoms. The number of hydrogen-bond donors (Lipinski definition) is 0. The highest BCUT2D eigenvalue weighted by Gasteiger charge is 2.16. The molecule has 2 nitrogen and oxygen atoms in total. The van der Waals surface area contributed by atoms with Crippen LogP contribution in [0.2, 0.25) is 0 Å². The lowest BCUT2D eigenvalue weighted by Crippen LogP contribution is -1.96. The van der Waals surface area contributed by atoms with Crippen molar-refractivity contribution in [2.24, 2.45) is 0 Å². The summed E-state index contributed by atoms with van der Waals surface area (Å²) in [7, 11) is 0. The van der Waals surface area contributed by atoms with E-state index in [2.05, 4.69) is 158 Å². The molecule has 0 amide bonds. The fourth-order valence-electron chi connectivity index (χ4n) is 7.33. The Balaban J connectivity index is 1.17. The maximum Gasteiger partial charge on any atom is 0.160 e. The van der Waals surface area contributed by atoms with Gasteiger partial charge in [-0.2, -0.15) is 0 Å². The van der Waals surface area contributed by atoms with E-state index in [0.717, 1.165) is 33.6 Å². The van der Waals surface area contributed by atoms with Crippen LogP contribution >= 0.6 is 11.3 Å². The van der Waals surface area contributed by atoms with E-state index in [0.29, 0.717) is 5.82 Å². The van der Waals surface area contributed by atoms with Crippen LogP contribution in [-0.2, 0) is 0 Å². The zero-order chi connectivity index (χ0) is 32.3. The van der Waals surface area contributed by atoms with Gasteiger partial charge in [-0.25, -0.2) is 9.97 Å². The highest BCUT2D eigenvalue weighted by molar-refractivity contribution is 7.26. The van der Waals surface area contributed by atoms with Crippen LogP contribution in [0.5, 0.6) is 0 Å². The first-order valence-corrected chi connectivity index (χ1v) is 17.4. The van der Waals surface area contributed by atoms with Gasteiger partial charge in [0.25, 0.3) is 0 Å². The summed E-state index contributed by atoms with van der Waals surface area (Å²) >= 11 is 1.90. The Hall–Kier alpha value is -6.16. The summed E-state index contributed by atoms with van der Waals surface area (Å²) in [5, 5.41) is 10.4. The molecule has 2 heterocycles. The lowest BCUT2D eigenvalue weighted by Gasteiger charge is -2.13. The molecule has 0 unspecified atom stereocenters. The summed E-state index contributed by atoms with van der Waals surface area (Å²) in [6.45, 7) is 0. The van der Waals surface area contributed by atoms with Gasteiger partial charge >= 0.3 is 0 Å². The third kappa shape index (κ3) is 4.62. The number of rotatable bonds is 4. The predicted octanol–water partition coefficient (Wildman–Crippen LogP) is 13.0. The highest BCUT2D eigenvalue weighted by Crippen LogP contribution is 2.45. The van der Waals surface area contributed by atoms with Crippen LogP contribution in [0, 0.1) is 0 Å². The van der Waals surface area contributed by atoms with Gasteiger partial charge in [0.2, 0.25) is 0 Å². The minimum atomic E-state index is 0.714. The Labute approximate surface area is 287 Å². The van der Waals surface area contributed by atoms with E-state index in [1.165, 1.54) is 58.1 Å². The van der Waals surface area contributed by atoms with Gasteiger partial charge in [-0.1, -0.05) is 146 Å².